The van der Waals surface area contributed by atoms with E-state index in [4.69, 9.17) is 0 Å². The minimum absolute atomic E-state index is 0.0212. The van der Waals surface area contributed by atoms with Gasteiger partial charge in [0, 0.05) is 18.5 Å². The van der Waals surface area contributed by atoms with Gasteiger partial charge in [-0.2, -0.15) is 17.6 Å². The number of alkyl halides is 4. The Balaban J connectivity index is 2.01. The molecular weight excluding hydrogens is 378 g/mol. The molecule has 144 valence electrons. The van der Waals surface area contributed by atoms with Crippen LogP contribution >= 0.6 is 11.8 Å². The van der Waals surface area contributed by atoms with Crippen molar-refractivity contribution in [2.45, 2.75) is 28.9 Å². The highest BCUT2D eigenvalue weighted by Gasteiger charge is 2.73. The standard InChI is InChI=1S/C20H19F4NOS/c1-25-13-12-18(17(25)26,14-15-8-4-2-5-9-15)19(21,22)20(23,24)27-16-10-6-3-7-11-16/h2-11H,12-14H2,1H3. The van der Waals surface area contributed by atoms with E-state index < -0.39 is 28.9 Å². The second-order valence-corrected chi connectivity index (χ2v) is 7.92. The summed E-state index contributed by atoms with van der Waals surface area (Å²) in [5.41, 5.74) is -2.05. The van der Waals surface area contributed by atoms with E-state index in [1.54, 1.807) is 36.4 Å². The van der Waals surface area contributed by atoms with Crippen molar-refractivity contribution in [1.82, 2.24) is 4.90 Å². The average molecular weight is 397 g/mol. The van der Waals surface area contributed by atoms with Gasteiger partial charge in [-0.25, -0.2) is 0 Å². The molecule has 0 saturated carbocycles. The Morgan fingerprint density at radius 1 is 1.00 bits per heavy atom. The molecule has 0 bridgehead atoms. The number of hydrogen-bond acceptors (Lipinski definition) is 2. The first-order chi connectivity index (χ1) is 12.7. The predicted molar refractivity (Wildman–Crippen MR) is 97.0 cm³/mol. The first-order valence-corrected chi connectivity index (χ1v) is 9.30. The van der Waals surface area contributed by atoms with Crippen LogP contribution < -0.4 is 0 Å². The summed E-state index contributed by atoms with van der Waals surface area (Å²) < 4.78 is 60.3. The largest absolute Gasteiger partial charge is 0.361 e. The van der Waals surface area contributed by atoms with Crippen molar-refractivity contribution in [1.29, 1.82) is 0 Å². The summed E-state index contributed by atoms with van der Waals surface area (Å²) in [6.07, 6.45) is -0.760. The summed E-state index contributed by atoms with van der Waals surface area (Å²) >= 11 is -0.202. The normalized spacial score (nSPS) is 20.9. The molecule has 1 aliphatic heterocycles. The Bertz CT molecular complexity index is 800. The molecule has 1 saturated heterocycles. The van der Waals surface area contributed by atoms with Gasteiger partial charge in [-0.1, -0.05) is 48.5 Å². The van der Waals surface area contributed by atoms with E-state index >= 15 is 8.78 Å². The van der Waals surface area contributed by atoms with Gasteiger partial charge in [0.1, 0.15) is 5.41 Å². The van der Waals surface area contributed by atoms with Crippen LogP contribution in [0, 0.1) is 5.41 Å². The van der Waals surface area contributed by atoms with E-state index in [-0.39, 0.29) is 29.6 Å². The third-order valence-corrected chi connectivity index (χ3v) is 5.96. The highest BCUT2D eigenvalue weighted by Crippen LogP contribution is 2.59. The molecule has 1 heterocycles. The number of carbonyl (C=O) groups is 1. The number of benzene rings is 2. The summed E-state index contributed by atoms with van der Waals surface area (Å²) in [4.78, 5) is 13.8. The highest BCUT2D eigenvalue weighted by atomic mass is 32.2. The fraction of sp³-hybridized carbons (Fsp3) is 0.350. The lowest BCUT2D eigenvalue weighted by Crippen LogP contribution is -2.57. The smallest absolute Gasteiger partial charge is 0.345 e. The van der Waals surface area contributed by atoms with Crippen LogP contribution in [0.4, 0.5) is 17.6 Å². The molecule has 2 aromatic rings. The summed E-state index contributed by atoms with van der Waals surface area (Å²) in [5.74, 6) is -5.47. The van der Waals surface area contributed by atoms with Gasteiger partial charge in [0.2, 0.25) is 5.91 Å². The number of rotatable bonds is 6. The zero-order valence-electron chi connectivity index (χ0n) is 14.7. The van der Waals surface area contributed by atoms with Crippen molar-refractivity contribution in [3.63, 3.8) is 0 Å². The number of amides is 1. The molecule has 3 rings (SSSR count). The van der Waals surface area contributed by atoms with E-state index in [1.165, 1.54) is 31.3 Å². The molecule has 0 N–H and O–H groups in total. The molecule has 2 aromatic carbocycles. The van der Waals surface area contributed by atoms with Crippen molar-refractivity contribution in [3.05, 3.63) is 66.2 Å². The topological polar surface area (TPSA) is 20.3 Å². The fourth-order valence-electron chi connectivity index (χ4n) is 3.42. The van der Waals surface area contributed by atoms with Crippen LogP contribution in [0.25, 0.3) is 0 Å². The SMILES string of the molecule is CN1CCC(Cc2ccccc2)(C(F)(F)C(F)(F)Sc2ccccc2)C1=O. The number of nitrogens with zero attached hydrogens (tertiary/aromatic N) is 1. The van der Waals surface area contributed by atoms with Crippen LogP contribution in [0.15, 0.2) is 65.6 Å². The van der Waals surface area contributed by atoms with Crippen LogP contribution in [0.1, 0.15) is 12.0 Å². The van der Waals surface area contributed by atoms with Crippen LogP contribution in [0.5, 0.6) is 0 Å². The van der Waals surface area contributed by atoms with Crippen molar-refractivity contribution < 1.29 is 22.4 Å². The third kappa shape index (κ3) is 3.45. The lowest BCUT2D eigenvalue weighted by molar-refractivity contribution is -0.221. The molecule has 1 unspecified atom stereocenters. The van der Waals surface area contributed by atoms with Crippen LogP contribution in [0.3, 0.4) is 0 Å². The molecule has 1 fully saturated rings. The molecule has 1 amide bonds. The summed E-state index contributed by atoms with van der Waals surface area (Å²) in [7, 11) is 1.37. The van der Waals surface area contributed by atoms with Crippen molar-refractivity contribution in [2.24, 2.45) is 5.41 Å². The quantitative estimate of drug-likeness (QED) is 0.499. The van der Waals surface area contributed by atoms with Crippen molar-refractivity contribution in [3.8, 4) is 0 Å². The maximum absolute atomic E-state index is 15.3. The molecule has 7 heteroatoms. The van der Waals surface area contributed by atoms with Gasteiger partial charge in [-0.05, 0) is 42.3 Å². The molecule has 1 aliphatic rings. The van der Waals surface area contributed by atoms with Gasteiger partial charge >= 0.3 is 11.2 Å². The summed E-state index contributed by atoms with van der Waals surface area (Å²) in [5, 5.41) is -4.44. The van der Waals surface area contributed by atoms with Gasteiger partial charge in [0.15, 0.2) is 0 Å². The zero-order chi connectivity index (χ0) is 19.7. The van der Waals surface area contributed by atoms with Crippen LogP contribution in [-0.4, -0.2) is 35.6 Å². The van der Waals surface area contributed by atoms with Crippen molar-refractivity contribution in [2.75, 3.05) is 13.6 Å². The summed E-state index contributed by atoms with van der Waals surface area (Å²) in [6, 6.07) is 15.5. The molecule has 1 atom stereocenters. The number of thioether (sulfide) groups is 1. The number of likely N-dealkylation sites (tertiary alicyclic amines) is 1. The van der Waals surface area contributed by atoms with Gasteiger partial charge in [0.25, 0.3) is 0 Å². The molecular formula is C20H19F4NOS. The van der Waals surface area contributed by atoms with Gasteiger partial charge in [-0.3, -0.25) is 4.79 Å². The predicted octanol–water partition coefficient (Wildman–Crippen LogP) is 5.10. The van der Waals surface area contributed by atoms with Gasteiger partial charge in [0.05, 0.1) is 0 Å². The first-order valence-electron chi connectivity index (χ1n) is 8.49. The monoisotopic (exact) mass is 397 g/mol. The zero-order valence-corrected chi connectivity index (χ0v) is 15.5. The van der Waals surface area contributed by atoms with E-state index in [9.17, 15) is 13.6 Å². The van der Waals surface area contributed by atoms with E-state index in [0.29, 0.717) is 5.56 Å². The Kier molecular flexibility index (Phi) is 5.25. The number of carbonyl (C=O) groups excluding carboxylic acids is 1. The van der Waals surface area contributed by atoms with E-state index in [2.05, 4.69) is 0 Å². The Morgan fingerprint density at radius 3 is 2.07 bits per heavy atom. The van der Waals surface area contributed by atoms with Gasteiger partial charge < -0.3 is 4.90 Å². The minimum atomic E-state index is -4.53. The molecule has 0 radical (unpaired) electrons. The number of halogens is 4. The van der Waals surface area contributed by atoms with Crippen LogP contribution in [-0.2, 0) is 11.2 Å². The molecule has 0 aliphatic carbocycles. The lowest BCUT2D eigenvalue weighted by Gasteiger charge is -2.39. The van der Waals surface area contributed by atoms with Crippen LogP contribution in [0.2, 0.25) is 0 Å². The molecule has 27 heavy (non-hydrogen) atoms. The second kappa shape index (κ2) is 7.19. The molecule has 0 spiro atoms. The third-order valence-electron chi connectivity index (χ3n) is 4.93. The molecule has 0 aromatic heterocycles. The van der Waals surface area contributed by atoms with E-state index in [1.807, 2.05) is 0 Å². The highest BCUT2D eigenvalue weighted by molar-refractivity contribution is 8.00. The van der Waals surface area contributed by atoms with Crippen molar-refractivity contribution >= 4 is 17.7 Å². The summed E-state index contributed by atoms with van der Waals surface area (Å²) in [6.45, 7) is 0.0212. The minimum Gasteiger partial charge on any atom is -0.345 e. The second-order valence-electron chi connectivity index (χ2n) is 6.73. The molecule has 2 nitrogen and oxygen atoms in total. The fourth-order valence-corrected chi connectivity index (χ4v) is 4.34. The Hall–Kier alpha value is -2.02. The average Bonchev–Trinajstić information content (AvgIpc) is 2.93. The van der Waals surface area contributed by atoms with Gasteiger partial charge in [-0.15, -0.1) is 0 Å². The lowest BCUT2D eigenvalue weighted by atomic mass is 9.74. The maximum Gasteiger partial charge on any atom is 0.361 e. The Labute approximate surface area is 159 Å². The first kappa shape index (κ1) is 19.7. The maximum atomic E-state index is 15.3. The Morgan fingerprint density at radius 2 is 1.56 bits per heavy atom. The van der Waals surface area contributed by atoms with E-state index in [0.717, 1.165) is 4.90 Å². The number of hydrogen-bond donors (Lipinski definition) is 0.